The van der Waals surface area contributed by atoms with Gasteiger partial charge >= 0.3 is 0 Å². The van der Waals surface area contributed by atoms with Crippen LogP contribution in [0.1, 0.15) is 79.0 Å². The van der Waals surface area contributed by atoms with Crippen molar-refractivity contribution in [3.63, 3.8) is 0 Å². The fourth-order valence-electron chi connectivity index (χ4n) is 9.41. The number of nitrogens with zero attached hydrogens (tertiary/aromatic N) is 2. The smallest absolute Gasteiger partial charge is 0.0618 e. The maximum Gasteiger partial charge on any atom is 0.0618 e. The van der Waals surface area contributed by atoms with E-state index in [-0.39, 0.29) is 16.2 Å². The van der Waals surface area contributed by atoms with Crippen LogP contribution < -0.4 is 9.80 Å². The van der Waals surface area contributed by atoms with Crippen molar-refractivity contribution in [1.82, 2.24) is 0 Å². The standard InChI is InChI=1S/C66H60Br2Cl2N2/c1-64(2,3)47-30-54(71(56-38-50(67)36-52(69)40-56)62-58(43-22-14-10-15-23-43)32-48(65(4,5)6)33-59(62)44-24-16-11-17-25-44)42-55(31-47)72(57-39-51(68)37-53(70)41-57)63-60(45-26-18-12-19-27-45)34-49(66(7,8)9)35-61(63)46-28-20-13-21-29-46/h10-42H,1-9H3. The lowest BCUT2D eigenvalue weighted by Gasteiger charge is -2.36. The lowest BCUT2D eigenvalue weighted by Crippen LogP contribution is -2.20. The van der Waals surface area contributed by atoms with Crippen LogP contribution in [0.15, 0.2) is 209 Å². The number of hydrogen-bond donors (Lipinski definition) is 0. The molecule has 0 bridgehead atoms. The van der Waals surface area contributed by atoms with Crippen molar-refractivity contribution >= 4 is 89.2 Å². The highest BCUT2D eigenvalue weighted by atomic mass is 79.9. The molecule has 0 N–H and O–H groups in total. The first-order chi connectivity index (χ1) is 34.2. The molecule has 0 radical (unpaired) electrons. The Balaban J connectivity index is 1.48. The van der Waals surface area contributed by atoms with E-state index in [1.54, 1.807) is 0 Å². The third kappa shape index (κ3) is 11.0. The molecule has 9 aromatic rings. The second-order valence-corrected chi connectivity index (χ2v) is 24.4. The zero-order valence-corrected chi connectivity index (χ0v) is 47.1. The van der Waals surface area contributed by atoms with Gasteiger partial charge in [0.05, 0.1) is 11.4 Å². The largest absolute Gasteiger partial charge is 0.309 e. The molecule has 6 heteroatoms. The number of anilines is 6. The molecule has 362 valence electrons. The van der Waals surface area contributed by atoms with Crippen LogP contribution >= 0.6 is 55.1 Å². The maximum absolute atomic E-state index is 7.16. The summed E-state index contributed by atoms with van der Waals surface area (Å²) in [4.78, 5) is 4.86. The van der Waals surface area contributed by atoms with E-state index in [0.717, 1.165) is 93.1 Å². The fraction of sp³-hybridized carbons (Fsp3) is 0.182. The van der Waals surface area contributed by atoms with Crippen molar-refractivity contribution in [3.05, 3.63) is 236 Å². The Morgan fingerprint density at radius 1 is 0.306 bits per heavy atom. The van der Waals surface area contributed by atoms with Gasteiger partial charge in [-0.3, -0.25) is 0 Å². The van der Waals surface area contributed by atoms with Gasteiger partial charge in [-0.2, -0.15) is 0 Å². The number of benzene rings is 9. The molecule has 0 aromatic heterocycles. The minimum absolute atomic E-state index is 0.157. The highest BCUT2D eigenvalue weighted by molar-refractivity contribution is 9.10. The van der Waals surface area contributed by atoms with Crippen LogP contribution in [-0.2, 0) is 16.2 Å². The molecule has 9 rings (SSSR count). The highest BCUT2D eigenvalue weighted by Crippen LogP contribution is 2.54. The Morgan fingerprint density at radius 3 is 0.806 bits per heavy atom. The molecule has 0 spiro atoms. The van der Waals surface area contributed by atoms with E-state index in [2.05, 4.69) is 292 Å². The summed E-state index contributed by atoms with van der Waals surface area (Å²) < 4.78 is 1.75. The first-order valence-corrected chi connectivity index (χ1v) is 26.8. The first-order valence-electron chi connectivity index (χ1n) is 24.5. The van der Waals surface area contributed by atoms with Gasteiger partial charge in [0.2, 0.25) is 0 Å². The molecule has 9 aromatic carbocycles. The molecule has 0 aliphatic rings. The molecular formula is C66H60Br2Cl2N2. The quantitative estimate of drug-likeness (QED) is 0.135. The summed E-state index contributed by atoms with van der Waals surface area (Å²) in [7, 11) is 0. The molecule has 0 fully saturated rings. The van der Waals surface area contributed by atoms with Crippen molar-refractivity contribution in [2.75, 3.05) is 9.80 Å². The van der Waals surface area contributed by atoms with Gasteiger partial charge in [-0.05, 0) is 134 Å². The Hall–Kier alpha value is -5.88. The van der Waals surface area contributed by atoms with Gasteiger partial charge in [0.1, 0.15) is 0 Å². The summed E-state index contributed by atoms with van der Waals surface area (Å²) in [6, 6.07) is 72.2. The Morgan fingerprint density at radius 2 is 0.556 bits per heavy atom. The van der Waals surface area contributed by atoms with Gasteiger partial charge in [0.25, 0.3) is 0 Å². The molecular weight excluding hydrogens is 1050 g/mol. The van der Waals surface area contributed by atoms with E-state index in [0.29, 0.717) is 10.0 Å². The molecule has 0 heterocycles. The summed E-state index contributed by atoms with van der Waals surface area (Å²) in [5.41, 5.74) is 17.7. The van der Waals surface area contributed by atoms with Crippen molar-refractivity contribution in [1.29, 1.82) is 0 Å². The SMILES string of the molecule is CC(C)(C)c1cc(N(c2cc(Cl)cc(Br)c2)c2c(-c3ccccc3)cc(C(C)(C)C)cc2-c2ccccc2)cc(N(c2cc(Cl)cc(Br)c2)c2c(-c3ccccc3)cc(C(C)(C)C)cc2-c2ccccc2)c1. The highest BCUT2D eigenvalue weighted by Gasteiger charge is 2.31. The molecule has 0 amide bonds. The molecule has 0 unspecified atom stereocenters. The van der Waals surface area contributed by atoms with Gasteiger partial charge in [-0.1, -0.05) is 239 Å². The second kappa shape index (κ2) is 20.6. The van der Waals surface area contributed by atoms with E-state index >= 15 is 0 Å². The average molecular weight is 1110 g/mol. The predicted molar refractivity (Wildman–Crippen MR) is 319 cm³/mol. The van der Waals surface area contributed by atoms with Crippen LogP contribution in [0.3, 0.4) is 0 Å². The summed E-state index contributed by atoms with van der Waals surface area (Å²) in [5.74, 6) is 0. The molecule has 0 aliphatic carbocycles. The molecule has 0 aliphatic heterocycles. The summed E-state index contributed by atoms with van der Waals surface area (Å²) in [6.45, 7) is 20.6. The molecule has 72 heavy (non-hydrogen) atoms. The van der Waals surface area contributed by atoms with E-state index in [9.17, 15) is 0 Å². The Kier molecular flexibility index (Phi) is 14.6. The Bertz CT molecular complexity index is 3010. The summed E-state index contributed by atoms with van der Waals surface area (Å²) in [5, 5.41) is 1.24. The van der Waals surface area contributed by atoms with Gasteiger partial charge in [0, 0.05) is 64.0 Å². The molecule has 0 saturated heterocycles. The van der Waals surface area contributed by atoms with Crippen LogP contribution in [0.5, 0.6) is 0 Å². The number of rotatable bonds is 10. The van der Waals surface area contributed by atoms with Crippen molar-refractivity contribution in [3.8, 4) is 44.5 Å². The lowest BCUT2D eigenvalue weighted by atomic mass is 9.81. The maximum atomic E-state index is 7.16. The molecule has 0 saturated carbocycles. The first kappa shape index (κ1) is 51.0. The van der Waals surface area contributed by atoms with E-state index < -0.39 is 0 Å². The van der Waals surface area contributed by atoms with Crippen LogP contribution in [0, 0.1) is 0 Å². The summed E-state index contributed by atoms with van der Waals surface area (Å²) in [6.07, 6.45) is 0. The van der Waals surface area contributed by atoms with E-state index in [4.69, 9.17) is 23.2 Å². The average Bonchev–Trinajstić information content (AvgIpc) is 3.33. The lowest BCUT2D eigenvalue weighted by molar-refractivity contribution is 0.590. The van der Waals surface area contributed by atoms with Crippen LogP contribution in [0.4, 0.5) is 34.1 Å². The summed E-state index contributed by atoms with van der Waals surface area (Å²) >= 11 is 22.1. The Labute approximate surface area is 454 Å². The molecule has 2 nitrogen and oxygen atoms in total. The van der Waals surface area contributed by atoms with E-state index in [1.165, 1.54) is 11.1 Å². The van der Waals surface area contributed by atoms with Crippen molar-refractivity contribution < 1.29 is 0 Å². The normalized spacial score (nSPS) is 12.0. The topological polar surface area (TPSA) is 6.48 Å². The number of halogens is 4. The predicted octanol–water partition coefficient (Wildman–Crippen LogP) is 22.0. The van der Waals surface area contributed by atoms with Gasteiger partial charge in [-0.15, -0.1) is 0 Å². The minimum Gasteiger partial charge on any atom is -0.309 e. The van der Waals surface area contributed by atoms with Gasteiger partial charge in [-0.25, -0.2) is 0 Å². The third-order valence-electron chi connectivity index (χ3n) is 13.2. The zero-order chi connectivity index (χ0) is 51.1. The van der Waals surface area contributed by atoms with Crippen LogP contribution in [0.2, 0.25) is 10.0 Å². The van der Waals surface area contributed by atoms with Crippen molar-refractivity contribution in [2.24, 2.45) is 0 Å². The van der Waals surface area contributed by atoms with Crippen molar-refractivity contribution in [2.45, 2.75) is 78.6 Å². The minimum atomic E-state index is -0.298. The number of hydrogen-bond acceptors (Lipinski definition) is 2. The second-order valence-electron chi connectivity index (χ2n) is 21.7. The van der Waals surface area contributed by atoms with Crippen LogP contribution in [0.25, 0.3) is 44.5 Å². The molecule has 0 atom stereocenters. The monoisotopic (exact) mass is 1110 g/mol. The zero-order valence-electron chi connectivity index (χ0n) is 42.5. The van der Waals surface area contributed by atoms with Crippen LogP contribution in [-0.4, -0.2) is 0 Å². The van der Waals surface area contributed by atoms with E-state index in [1.807, 2.05) is 12.1 Å². The van der Waals surface area contributed by atoms with Gasteiger partial charge in [0.15, 0.2) is 0 Å². The van der Waals surface area contributed by atoms with Gasteiger partial charge < -0.3 is 9.80 Å². The fourth-order valence-corrected chi connectivity index (χ4v) is 11.1. The third-order valence-corrected chi connectivity index (χ3v) is 14.6.